The lowest BCUT2D eigenvalue weighted by molar-refractivity contribution is -0.122. The van der Waals surface area contributed by atoms with Crippen molar-refractivity contribution in [2.24, 2.45) is 0 Å². The highest BCUT2D eigenvalue weighted by atomic mass is 16.2. The van der Waals surface area contributed by atoms with Crippen LogP contribution < -0.4 is 16.6 Å². The second-order valence-electron chi connectivity index (χ2n) is 7.03. The Bertz CT molecular complexity index is 882. The molecule has 0 aliphatic carbocycles. The summed E-state index contributed by atoms with van der Waals surface area (Å²) in [6.07, 6.45) is 5.01. The number of hydrogen-bond donors (Lipinski definition) is 2. The fraction of sp³-hybridized carbons (Fsp3) is 0.450. The molecule has 27 heavy (non-hydrogen) atoms. The van der Waals surface area contributed by atoms with E-state index >= 15 is 0 Å². The molecule has 7 nitrogen and oxygen atoms in total. The first-order valence-electron chi connectivity index (χ1n) is 9.40. The molecule has 0 bridgehead atoms. The maximum atomic E-state index is 12.4. The summed E-state index contributed by atoms with van der Waals surface area (Å²) in [5, 5.41) is 2.96. The molecule has 0 radical (unpaired) electrons. The van der Waals surface area contributed by atoms with Crippen LogP contribution in [0.5, 0.6) is 0 Å². The number of benzene rings is 1. The van der Waals surface area contributed by atoms with Gasteiger partial charge in [0.25, 0.3) is 5.56 Å². The van der Waals surface area contributed by atoms with Crippen LogP contribution in [-0.4, -0.2) is 40.0 Å². The standard InChI is InChI=1S/C20H26N4O3/c1-15-13-24(20(27)22-19(15)26)14-18(25)21-12-17(16-8-4-2-5-9-16)23-10-6-3-7-11-23/h2,4-5,8-9,13,17H,3,6-7,10-12,14H2,1H3,(H,21,25)(H,22,26,27)/t17-/m0/s1. The van der Waals surface area contributed by atoms with E-state index in [2.05, 4.69) is 27.3 Å². The van der Waals surface area contributed by atoms with Crippen molar-refractivity contribution in [1.29, 1.82) is 0 Å². The normalized spacial score (nSPS) is 16.0. The molecule has 2 aromatic rings. The fourth-order valence-electron chi connectivity index (χ4n) is 3.52. The second kappa shape index (κ2) is 8.81. The Morgan fingerprint density at radius 1 is 1.15 bits per heavy atom. The highest BCUT2D eigenvalue weighted by Gasteiger charge is 2.22. The minimum atomic E-state index is -0.573. The van der Waals surface area contributed by atoms with Gasteiger partial charge in [-0.25, -0.2) is 4.79 Å². The van der Waals surface area contributed by atoms with Crippen molar-refractivity contribution in [1.82, 2.24) is 19.8 Å². The number of carbonyl (C=O) groups excluding carboxylic acids is 1. The number of nitrogens with zero attached hydrogens (tertiary/aromatic N) is 2. The molecular formula is C20H26N4O3. The molecule has 7 heteroatoms. The number of piperidine rings is 1. The van der Waals surface area contributed by atoms with Crippen LogP contribution in [0.15, 0.2) is 46.1 Å². The van der Waals surface area contributed by atoms with Crippen LogP contribution in [0.4, 0.5) is 0 Å². The molecule has 2 N–H and O–H groups in total. The van der Waals surface area contributed by atoms with Gasteiger partial charge in [-0.05, 0) is 38.4 Å². The van der Waals surface area contributed by atoms with Crippen LogP contribution in [0, 0.1) is 6.92 Å². The third-order valence-corrected chi connectivity index (χ3v) is 5.01. The monoisotopic (exact) mass is 370 g/mol. The number of amides is 1. The Morgan fingerprint density at radius 3 is 2.56 bits per heavy atom. The Hall–Kier alpha value is -2.67. The first kappa shape index (κ1) is 19.1. The zero-order valence-corrected chi connectivity index (χ0v) is 15.6. The molecule has 1 aromatic carbocycles. The van der Waals surface area contributed by atoms with Crippen molar-refractivity contribution < 1.29 is 4.79 Å². The lowest BCUT2D eigenvalue weighted by Gasteiger charge is -2.35. The van der Waals surface area contributed by atoms with Gasteiger partial charge >= 0.3 is 5.69 Å². The van der Waals surface area contributed by atoms with Crippen molar-refractivity contribution in [3.05, 3.63) is 68.5 Å². The van der Waals surface area contributed by atoms with Crippen molar-refractivity contribution >= 4 is 5.91 Å². The van der Waals surface area contributed by atoms with E-state index < -0.39 is 11.2 Å². The first-order chi connectivity index (χ1) is 13.0. The van der Waals surface area contributed by atoms with Gasteiger partial charge in [0.2, 0.25) is 5.91 Å². The summed E-state index contributed by atoms with van der Waals surface area (Å²) in [5.41, 5.74) is 0.580. The molecular weight excluding hydrogens is 344 g/mol. The van der Waals surface area contributed by atoms with E-state index in [1.54, 1.807) is 6.92 Å². The molecule has 0 spiro atoms. The summed E-state index contributed by atoms with van der Waals surface area (Å²) in [6.45, 7) is 4.02. The van der Waals surface area contributed by atoms with Crippen molar-refractivity contribution in [3.8, 4) is 0 Å². The van der Waals surface area contributed by atoms with Gasteiger partial charge in [-0.1, -0.05) is 36.8 Å². The minimum Gasteiger partial charge on any atom is -0.353 e. The predicted octanol–water partition coefficient (Wildman–Crippen LogP) is 1.19. The predicted molar refractivity (Wildman–Crippen MR) is 104 cm³/mol. The Balaban J connectivity index is 1.68. The molecule has 1 aliphatic rings. The molecule has 1 saturated heterocycles. The lowest BCUT2D eigenvalue weighted by Crippen LogP contribution is -2.42. The van der Waals surface area contributed by atoms with Gasteiger partial charge in [0.1, 0.15) is 6.54 Å². The third kappa shape index (κ3) is 4.95. The summed E-state index contributed by atoms with van der Waals surface area (Å²) >= 11 is 0. The summed E-state index contributed by atoms with van der Waals surface area (Å²) in [4.78, 5) is 40.3. The largest absolute Gasteiger partial charge is 0.353 e. The minimum absolute atomic E-state index is 0.113. The third-order valence-electron chi connectivity index (χ3n) is 5.01. The fourth-order valence-corrected chi connectivity index (χ4v) is 3.52. The molecule has 1 fully saturated rings. The number of rotatable bonds is 6. The van der Waals surface area contributed by atoms with Crippen LogP contribution in [0.1, 0.15) is 36.4 Å². The molecule has 2 heterocycles. The number of aromatic amines is 1. The van der Waals surface area contributed by atoms with Gasteiger partial charge < -0.3 is 5.32 Å². The van der Waals surface area contributed by atoms with E-state index in [1.807, 2.05) is 18.2 Å². The molecule has 1 aliphatic heterocycles. The van der Waals surface area contributed by atoms with Gasteiger partial charge in [0.15, 0.2) is 0 Å². The van der Waals surface area contributed by atoms with Crippen LogP contribution in [0.3, 0.4) is 0 Å². The van der Waals surface area contributed by atoms with Gasteiger partial charge in [0, 0.05) is 18.3 Å². The van der Waals surface area contributed by atoms with Crippen LogP contribution in [-0.2, 0) is 11.3 Å². The molecule has 3 rings (SSSR count). The van der Waals surface area contributed by atoms with Gasteiger partial charge in [-0.2, -0.15) is 0 Å². The summed E-state index contributed by atoms with van der Waals surface area (Å²) in [7, 11) is 0. The van der Waals surface area contributed by atoms with Gasteiger partial charge in [-0.3, -0.25) is 24.0 Å². The Labute approximate surface area is 158 Å². The molecule has 1 amide bonds. The number of hydrogen-bond acceptors (Lipinski definition) is 4. The molecule has 0 saturated carbocycles. The highest BCUT2D eigenvalue weighted by Crippen LogP contribution is 2.23. The second-order valence-corrected chi connectivity index (χ2v) is 7.03. The number of H-pyrrole nitrogens is 1. The molecule has 1 atom stereocenters. The number of nitrogens with one attached hydrogen (secondary N) is 2. The molecule has 0 unspecified atom stereocenters. The maximum absolute atomic E-state index is 12.4. The zero-order valence-electron chi connectivity index (χ0n) is 15.6. The van der Waals surface area contributed by atoms with Crippen molar-refractivity contribution in [3.63, 3.8) is 0 Å². The van der Waals surface area contributed by atoms with Crippen LogP contribution >= 0.6 is 0 Å². The van der Waals surface area contributed by atoms with Gasteiger partial charge in [-0.15, -0.1) is 0 Å². The zero-order chi connectivity index (χ0) is 19.2. The summed E-state index contributed by atoms with van der Waals surface area (Å²) < 4.78 is 1.23. The smallest absolute Gasteiger partial charge is 0.328 e. The topological polar surface area (TPSA) is 87.2 Å². The number of aryl methyl sites for hydroxylation is 1. The quantitative estimate of drug-likeness (QED) is 0.800. The Morgan fingerprint density at radius 2 is 1.85 bits per heavy atom. The summed E-state index contributed by atoms with van der Waals surface area (Å²) in [5.74, 6) is -0.249. The highest BCUT2D eigenvalue weighted by molar-refractivity contribution is 5.75. The molecule has 1 aromatic heterocycles. The van der Waals surface area contributed by atoms with Crippen LogP contribution in [0.25, 0.3) is 0 Å². The summed E-state index contributed by atoms with van der Waals surface area (Å²) in [6, 6.07) is 10.3. The first-order valence-corrected chi connectivity index (χ1v) is 9.40. The number of carbonyl (C=O) groups is 1. The van der Waals surface area contributed by atoms with E-state index in [0.717, 1.165) is 13.1 Å². The van der Waals surface area contributed by atoms with Crippen molar-refractivity contribution in [2.45, 2.75) is 38.8 Å². The SMILES string of the molecule is Cc1cn(CC(=O)NC[C@@H](c2ccccc2)N2CCCCC2)c(=O)[nH]c1=O. The van der Waals surface area contributed by atoms with E-state index in [-0.39, 0.29) is 18.5 Å². The van der Waals surface area contributed by atoms with Crippen LogP contribution in [0.2, 0.25) is 0 Å². The van der Waals surface area contributed by atoms with Crippen molar-refractivity contribution in [2.75, 3.05) is 19.6 Å². The molecule has 144 valence electrons. The Kier molecular flexibility index (Phi) is 6.24. The van der Waals surface area contributed by atoms with E-state index in [1.165, 1.54) is 35.6 Å². The van der Waals surface area contributed by atoms with E-state index in [4.69, 9.17) is 0 Å². The average Bonchev–Trinajstić information content (AvgIpc) is 2.68. The maximum Gasteiger partial charge on any atom is 0.328 e. The number of aromatic nitrogens is 2. The lowest BCUT2D eigenvalue weighted by atomic mass is 10.0. The number of likely N-dealkylation sites (tertiary alicyclic amines) is 1. The van der Waals surface area contributed by atoms with Gasteiger partial charge in [0.05, 0.1) is 6.04 Å². The van der Waals surface area contributed by atoms with E-state index in [9.17, 15) is 14.4 Å². The average molecular weight is 370 g/mol. The van der Waals surface area contributed by atoms with E-state index in [0.29, 0.717) is 12.1 Å².